The average molecular weight is 297 g/mol. The second-order valence-corrected chi connectivity index (χ2v) is 5.90. The Kier molecular flexibility index (Phi) is 4.13. The van der Waals surface area contributed by atoms with E-state index in [1.54, 1.807) is 0 Å². The fourth-order valence-corrected chi connectivity index (χ4v) is 2.81. The molecule has 110 valence electrons. The summed E-state index contributed by atoms with van der Waals surface area (Å²) in [4.78, 5) is 14.4. The molecule has 0 spiro atoms. The summed E-state index contributed by atoms with van der Waals surface area (Å²) in [5.41, 5.74) is 0.892. The summed E-state index contributed by atoms with van der Waals surface area (Å²) in [5, 5.41) is 11.2. The number of aromatic nitrogens is 2. The quantitative estimate of drug-likeness (QED) is 0.800. The topological polar surface area (TPSA) is 79.4 Å². The van der Waals surface area contributed by atoms with Crippen LogP contribution in [0.15, 0.2) is 0 Å². The smallest absolute Gasteiger partial charge is 0.239 e. The molecule has 1 saturated heterocycles. The number of hydrogen-bond donors (Lipinski definition) is 2. The third kappa shape index (κ3) is 3.08. The number of morpholine rings is 1. The Morgan fingerprint density at radius 2 is 2.40 bits per heavy atom. The molecule has 0 bridgehead atoms. The zero-order valence-electron chi connectivity index (χ0n) is 11.5. The summed E-state index contributed by atoms with van der Waals surface area (Å²) in [6.45, 7) is 2.47. The molecule has 2 heterocycles. The molecule has 1 aliphatic carbocycles. The third-order valence-electron chi connectivity index (χ3n) is 3.60. The van der Waals surface area contributed by atoms with Gasteiger partial charge < -0.3 is 15.4 Å². The van der Waals surface area contributed by atoms with Crippen LogP contribution in [0.4, 0.5) is 5.00 Å². The first kappa shape index (κ1) is 13.7. The van der Waals surface area contributed by atoms with Gasteiger partial charge in [-0.15, -0.1) is 5.10 Å². The number of amides is 1. The number of rotatable bonds is 5. The lowest BCUT2D eigenvalue weighted by Crippen LogP contribution is -2.53. The van der Waals surface area contributed by atoms with Crippen LogP contribution < -0.4 is 10.6 Å². The summed E-state index contributed by atoms with van der Waals surface area (Å²) < 4.78 is 9.42. The minimum atomic E-state index is -0.226. The largest absolute Gasteiger partial charge is 0.378 e. The second-order valence-electron chi connectivity index (χ2n) is 5.14. The molecule has 7 nitrogen and oxygen atoms in total. The van der Waals surface area contributed by atoms with Crippen molar-refractivity contribution in [1.82, 2.24) is 19.8 Å². The van der Waals surface area contributed by atoms with Crippen molar-refractivity contribution in [3.05, 3.63) is 5.69 Å². The molecule has 2 aliphatic rings. The molecule has 3 rings (SSSR count). The molecule has 1 aromatic rings. The number of hydrogen-bond acceptors (Lipinski definition) is 7. The molecule has 1 amide bonds. The minimum absolute atomic E-state index is 0.0707. The molecule has 0 radical (unpaired) electrons. The van der Waals surface area contributed by atoms with Crippen molar-refractivity contribution in [2.24, 2.45) is 0 Å². The van der Waals surface area contributed by atoms with Gasteiger partial charge in [0.05, 0.1) is 13.2 Å². The van der Waals surface area contributed by atoms with Crippen LogP contribution in [0.1, 0.15) is 18.5 Å². The van der Waals surface area contributed by atoms with E-state index in [4.69, 9.17) is 4.74 Å². The minimum Gasteiger partial charge on any atom is -0.378 e. The number of carbonyl (C=O) groups is 1. The van der Waals surface area contributed by atoms with E-state index in [0.29, 0.717) is 25.8 Å². The van der Waals surface area contributed by atoms with Crippen LogP contribution in [0.25, 0.3) is 0 Å². The van der Waals surface area contributed by atoms with Gasteiger partial charge in [-0.3, -0.25) is 9.69 Å². The van der Waals surface area contributed by atoms with Gasteiger partial charge in [0.15, 0.2) is 0 Å². The fraction of sp³-hybridized carbons (Fsp3) is 0.750. The standard InChI is InChI=1S/C12H19N5O2S/c1-13-12-9(15-16-20-12)6-17-4-5-19-7-10(17)11(18)14-8-2-3-8/h8,10,13H,2-7H2,1H3,(H,14,18). The Morgan fingerprint density at radius 3 is 3.15 bits per heavy atom. The number of nitrogens with one attached hydrogen (secondary N) is 2. The fourth-order valence-electron chi connectivity index (χ4n) is 2.29. The molecule has 1 atom stereocenters. The predicted octanol–water partition coefficient (Wildman–Crippen LogP) is 0.0592. The van der Waals surface area contributed by atoms with Crippen LogP contribution in [0.3, 0.4) is 0 Å². The molecule has 1 saturated carbocycles. The number of ether oxygens (including phenoxy) is 1. The first-order valence-electron chi connectivity index (χ1n) is 6.89. The van der Waals surface area contributed by atoms with E-state index >= 15 is 0 Å². The summed E-state index contributed by atoms with van der Waals surface area (Å²) >= 11 is 1.34. The number of carbonyl (C=O) groups excluding carboxylic acids is 1. The number of nitrogens with zero attached hydrogens (tertiary/aromatic N) is 3. The van der Waals surface area contributed by atoms with Crippen LogP contribution in [0.5, 0.6) is 0 Å². The van der Waals surface area contributed by atoms with Crippen LogP contribution >= 0.6 is 11.5 Å². The Morgan fingerprint density at radius 1 is 1.55 bits per heavy atom. The maximum atomic E-state index is 12.3. The van der Waals surface area contributed by atoms with Crippen molar-refractivity contribution in [3.63, 3.8) is 0 Å². The van der Waals surface area contributed by atoms with Crippen LogP contribution in [0, 0.1) is 0 Å². The van der Waals surface area contributed by atoms with Crippen molar-refractivity contribution in [3.8, 4) is 0 Å². The van der Waals surface area contributed by atoms with Gasteiger partial charge >= 0.3 is 0 Å². The zero-order chi connectivity index (χ0) is 13.9. The third-order valence-corrected chi connectivity index (χ3v) is 4.39. The summed E-state index contributed by atoms with van der Waals surface area (Å²) in [6, 6.07) is 0.149. The van der Waals surface area contributed by atoms with E-state index in [1.807, 2.05) is 7.05 Å². The lowest BCUT2D eigenvalue weighted by Gasteiger charge is -2.34. The lowest BCUT2D eigenvalue weighted by atomic mass is 10.2. The van der Waals surface area contributed by atoms with Crippen LogP contribution in [0.2, 0.25) is 0 Å². The molecule has 0 aromatic carbocycles. The maximum Gasteiger partial charge on any atom is 0.239 e. The van der Waals surface area contributed by atoms with E-state index in [-0.39, 0.29) is 11.9 Å². The second kappa shape index (κ2) is 6.02. The van der Waals surface area contributed by atoms with Gasteiger partial charge in [0.1, 0.15) is 16.7 Å². The Bertz CT molecular complexity index is 476. The molecular weight excluding hydrogens is 278 g/mol. The molecule has 1 aromatic heterocycles. The van der Waals surface area contributed by atoms with E-state index in [9.17, 15) is 4.79 Å². The molecular formula is C12H19N5O2S. The summed E-state index contributed by atoms with van der Waals surface area (Å²) in [6.07, 6.45) is 2.19. The SMILES string of the molecule is CNc1snnc1CN1CCOCC1C(=O)NC1CC1. The normalized spacial score (nSPS) is 23.6. The summed E-state index contributed by atoms with van der Waals surface area (Å²) in [5.74, 6) is 0.0707. The Balaban J connectivity index is 1.66. The molecule has 1 unspecified atom stereocenters. The van der Waals surface area contributed by atoms with E-state index in [0.717, 1.165) is 30.1 Å². The first-order chi connectivity index (χ1) is 9.78. The Hall–Kier alpha value is -1.25. The van der Waals surface area contributed by atoms with E-state index in [1.165, 1.54) is 11.5 Å². The van der Waals surface area contributed by atoms with Gasteiger partial charge in [-0.2, -0.15) is 0 Å². The molecule has 8 heteroatoms. The molecule has 2 N–H and O–H groups in total. The van der Waals surface area contributed by atoms with Gasteiger partial charge in [0.2, 0.25) is 5.91 Å². The predicted molar refractivity (Wildman–Crippen MR) is 75.6 cm³/mol. The van der Waals surface area contributed by atoms with E-state index < -0.39 is 0 Å². The lowest BCUT2D eigenvalue weighted by molar-refractivity contribution is -0.133. The molecule has 1 aliphatic heterocycles. The highest BCUT2D eigenvalue weighted by Crippen LogP contribution is 2.22. The Labute approximate surface area is 121 Å². The van der Waals surface area contributed by atoms with Gasteiger partial charge in [-0.05, 0) is 12.8 Å². The highest BCUT2D eigenvalue weighted by molar-refractivity contribution is 7.10. The maximum absolute atomic E-state index is 12.3. The monoisotopic (exact) mass is 297 g/mol. The molecule has 2 fully saturated rings. The van der Waals surface area contributed by atoms with Crippen LogP contribution in [-0.2, 0) is 16.1 Å². The summed E-state index contributed by atoms with van der Waals surface area (Å²) in [7, 11) is 1.86. The van der Waals surface area contributed by atoms with Crippen molar-refractivity contribution in [1.29, 1.82) is 0 Å². The van der Waals surface area contributed by atoms with Gasteiger partial charge in [-0.1, -0.05) is 4.49 Å². The van der Waals surface area contributed by atoms with Crippen LogP contribution in [-0.4, -0.2) is 59.3 Å². The van der Waals surface area contributed by atoms with Crippen molar-refractivity contribution in [2.45, 2.75) is 31.5 Å². The van der Waals surface area contributed by atoms with Crippen molar-refractivity contribution < 1.29 is 9.53 Å². The molecule has 20 heavy (non-hydrogen) atoms. The highest BCUT2D eigenvalue weighted by atomic mass is 32.1. The van der Waals surface area contributed by atoms with Gasteiger partial charge in [-0.25, -0.2) is 0 Å². The van der Waals surface area contributed by atoms with Crippen molar-refractivity contribution >= 4 is 22.4 Å². The van der Waals surface area contributed by atoms with Gasteiger partial charge in [0.25, 0.3) is 0 Å². The highest BCUT2D eigenvalue weighted by Gasteiger charge is 2.33. The van der Waals surface area contributed by atoms with Gasteiger partial charge in [0, 0.05) is 37.7 Å². The van der Waals surface area contributed by atoms with E-state index in [2.05, 4.69) is 25.1 Å². The first-order valence-corrected chi connectivity index (χ1v) is 7.66. The zero-order valence-corrected chi connectivity index (χ0v) is 12.3. The number of anilines is 1. The average Bonchev–Trinajstić information content (AvgIpc) is 3.16. The van der Waals surface area contributed by atoms with Crippen molar-refractivity contribution in [2.75, 3.05) is 32.1 Å².